The number of hydrogen-bond donors (Lipinski definition) is 6. The van der Waals surface area contributed by atoms with Crippen LogP contribution in [0.4, 0.5) is 0 Å². The Kier molecular flexibility index (Phi) is 7.59. The van der Waals surface area contributed by atoms with Crippen LogP contribution in [0, 0.1) is 0 Å². The lowest BCUT2D eigenvalue weighted by Gasteiger charge is -2.39. The van der Waals surface area contributed by atoms with Gasteiger partial charge in [0.15, 0.2) is 11.5 Å². The second kappa shape index (κ2) is 9.47. The van der Waals surface area contributed by atoms with E-state index in [9.17, 15) is 25.5 Å². The smallest absolute Gasteiger partial charge is 0.229 e. The van der Waals surface area contributed by atoms with E-state index in [0.29, 0.717) is 18.4 Å². The number of aliphatic hydroxyl groups is 6. The van der Waals surface area contributed by atoms with E-state index >= 15 is 0 Å². The van der Waals surface area contributed by atoms with Crippen LogP contribution >= 0.6 is 0 Å². The van der Waals surface area contributed by atoms with Crippen LogP contribution in [0.5, 0.6) is 11.5 Å². The van der Waals surface area contributed by atoms with Gasteiger partial charge in [-0.15, -0.1) is 0 Å². The first-order chi connectivity index (χ1) is 12.5. The van der Waals surface area contributed by atoms with Crippen LogP contribution in [-0.2, 0) is 17.8 Å². The normalized spacial score (nSPS) is 28.8. The number of benzene rings is 1. The van der Waals surface area contributed by atoms with Gasteiger partial charge >= 0.3 is 0 Å². The van der Waals surface area contributed by atoms with Crippen molar-refractivity contribution < 1.29 is 44.8 Å². The van der Waals surface area contributed by atoms with Crippen LogP contribution in [-0.4, -0.2) is 81.7 Å². The van der Waals surface area contributed by atoms with Crippen LogP contribution in [0.25, 0.3) is 0 Å². The van der Waals surface area contributed by atoms with E-state index in [0.717, 1.165) is 5.56 Å². The third-order valence-corrected chi connectivity index (χ3v) is 4.29. The maximum absolute atomic E-state index is 10.1. The van der Waals surface area contributed by atoms with E-state index in [1.807, 2.05) is 0 Å². The Bertz CT molecular complexity index is 552. The molecular weight excluding hydrogens is 348 g/mol. The van der Waals surface area contributed by atoms with Gasteiger partial charge in [-0.25, -0.2) is 0 Å². The van der Waals surface area contributed by atoms with Crippen molar-refractivity contribution in [3.63, 3.8) is 0 Å². The molecule has 1 aliphatic heterocycles. The molecule has 9 heteroatoms. The third-order valence-electron chi connectivity index (χ3n) is 4.29. The van der Waals surface area contributed by atoms with Gasteiger partial charge in [-0.2, -0.15) is 0 Å². The van der Waals surface area contributed by atoms with E-state index in [-0.39, 0.29) is 24.7 Å². The summed E-state index contributed by atoms with van der Waals surface area (Å²) in [6.07, 6.45) is -6.01. The third kappa shape index (κ3) is 4.44. The first-order valence-electron chi connectivity index (χ1n) is 8.35. The lowest BCUT2D eigenvalue weighted by molar-refractivity contribution is -0.277. The topological polar surface area (TPSA) is 149 Å². The van der Waals surface area contributed by atoms with Crippen LogP contribution in [0.3, 0.4) is 0 Å². The minimum absolute atomic E-state index is 0.0277. The van der Waals surface area contributed by atoms with E-state index in [2.05, 4.69) is 0 Å². The molecule has 6 N–H and O–H groups in total. The molecule has 0 aromatic heterocycles. The van der Waals surface area contributed by atoms with E-state index in [4.69, 9.17) is 19.3 Å². The standard InChI is InChI=1S/C17H26O9/c1-24-11-6-9(3-2-4-18)5-10(7-19)16(11)26-17-15(23)14(22)13(21)12(8-20)25-17/h5-6,12-15,17-23H,2-4,7-8H2,1H3. The Morgan fingerprint density at radius 2 is 1.77 bits per heavy atom. The zero-order chi connectivity index (χ0) is 19.3. The van der Waals surface area contributed by atoms with Gasteiger partial charge in [0.2, 0.25) is 6.29 Å². The zero-order valence-corrected chi connectivity index (χ0v) is 14.5. The number of rotatable bonds is 8. The Morgan fingerprint density at radius 3 is 2.35 bits per heavy atom. The molecular formula is C17H26O9. The second-order valence-corrected chi connectivity index (χ2v) is 6.09. The van der Waals surface area contributed by atoms with Crippen molar-refractivity contribution in [2.24, 2.45) is 0 Å². The van der Waals surface area contributed by atoms with Gasteiger partial charge in [0.25, 0.3) is 0 Å². The quantitative estimate of drug-likeness (QED) is 0.313. The number of aliphatic hydroxyl groups excluding tert-OH is 6. The predicted octanol–water partition coefficient (Wildman–Crippen LogP) is -1.71. The van der Waals surface area contributed by atoms with Crippen LogP contribution in [0.1, 0.15) is 17.5 Å². The van der Waals surface area contributed by atoms with Gasteiger partial charge in [-0.1, -0.05) is 0 Å². The highest BCUT2D eigenvalue weighted by Gasteiger charge is 2.45. The average molecular weight is 374 g/mol. The highest BCUT2D eigenvalue weighted by Crippen LogP contribution is 2.36. The van der Waals surface area contributed by atoms with E-state index in [1.165, 1.54) is 7.11 Å². The molecule has 1 heterocycles. The fourth-order valence-electron chi connectivity index (χ4n) is 2.83. The van der Waals surface area contributed by atoms with Gasteiger partial charge in [-0.05, 0) is 30.5 Å². The largest absolute Gasteiger partial charge is 0.493 e. The maximum atomic E-state index is 10.1. The highest BCUT2D eigenvalue weighted by atomic mass is 16.7. The summed E-state index contributed by atoms with van der Waals surface area (Å²) in [6.45, 7) is -0.926. The molecule has 1 saturated heterocycles. The molecule has 0 amide bonds. The minimum Gasteiger partial charge on any atom is -0.493 e. The molecule has 26 heavy (non-hydrogen) atoms. The Labute approximate surface area is 151 Å². The fraction of sp³-hybridized carbons (Fsp3) is 0.647. The summed E-state index contributed by atoms with van der Waals surface area (Å²) in [5.41, 5.74) is 1.19. The number of hydrogen-bond acceptors (Lipinski definition) is 9. The number of ether oxygens (including phenoxy) is 3. The molecule has 0 saturated carbocycles. The monoisotopic (exact) mass is 374 g/mol. The summed E-state index contributed by atoms with van der Waals surface area (Å²) in [4.78, 5) is 0. The lowest BCUT2D eigenvalue weighted by Crippen LogP contribution is -2.60. The van der Waals surface area contributed by atoms with Crippen LogP contribution in [0.15, 0.2) is 12.1 Å². The Hall–Kier alpha value is -1.46. The van der Waals surface area contributed by atoms with Crippen molar-refractivity contribution in [1.82, 2.24) is 0 Å². The van der Waals surface area contributed by atoms with Gasteiger partial charge in [0, 0.05) is 12.2 Å². The summed E-state index contributed by atoms with van der Waals surface area (Å²) in [7, 11) is 1.41. The van der Waals surface area contributed by atoms with Gasteiger partial charge in [0.1, 0.15) is 24.4 Å². The first kappa shape index (κ1) is 20.8. The van der Waals surface area contributed by atoms with Crippen molar-refractivity contribution in [3.05, 3.63) is 23.3 Å². The van der Waals surface area contributed by atoms with Crippen molar-refractivity contribution >= 4 is 0 Å². The van der Waals surface area contributed by atoms with Crippen LogP contribution in [0.2, 0.25) is 0 Å². The molecule has 5 atom stereocenters. The average Bonchev–Trinajstić information content (AvgIpc) is 2.66. The molecule has 0 bridgehead atoms. The summed E-state index contributed by atoms with van der Waals surface area (Å²) < 4.78 is 16.2. The van der Waals surface area contributed by atoms with E-state index < -0.39 is 37.3 Å². The van der Waals surface area contributed by atoms with Crippen molar-refractivity contribution in [3.8, 4) is 11.5 Å². The molecule has 1 aromatic carbocycles. The summed E-state index contributed by atoms with van der Waals surface area (Å²) in [6, 6.07) is 3.35. The molecule has 0 radical (unpaired) electrons. The first-order valence-corrected chi connectivity index (χ1v) is 8.35. The molecule has 9 nitrogen and oxygen atoms in total. The molecule has 1 fully saturated rings. The van der Waals surface area contributed by atoms with E-state index in [1.54, 1.807) is 12.1 Å². The van der Waals surface area contributed by atoms with Gasteiger partial charge in [0.05, 0.1) is 20.3 Å². The molecule has 0 aliphatic carbocycles. The molecule has 0 spiro atoms. The SMILES string of the molecule is COc1cc(CCCO)cc(CO)c1OC1OC(CO)C(O)C(O)C1O. The van der Waals surface area contributed by atoms with Crippen molar-refractivity contribution in [1.29, 1.82) is 0 Å². The summed E-state index contributed by atoms with van der Waals surface area (Å²) in [5, 5.41) is 57.7. The maximum Gasteiger partial charge on any atom is 0.229 e. The predicted molar refractivity (Wildman–Crippen MR) is 88.7 cm³/mol. The minimum atomic E-state index is -1.57. The fourth-order valence-corrected chi connectivity index (χ4v) is 2.83. The highest BCUT2D eigenvalue weighted by molar-refractivity contribution is 5.49. The van der Waals surface area contributed by atoms with Crippen molar-refractivity contribution in [2.75, 3.05) is 20.3 Å². The Balaban J connectivity index is 2.29. The van der Waals surface area contributed by atoms with Gasteiger partial charge in [-0.3, -0.25) is 0 Å². The lowest BCUT2D eigenvalue weighted by atomic mass is 9.99. The van der Waals surface area contributed by atoms with Crippen molar-refractivity contribution in [2.45, 2.75) is 50.2 Å². The second-order valence-electron chi connectivity index (χ2n) is 6.09. The molecule has 5 unspecified atom stereocenters. The Morgan fingerprint density at radius 1 is 1.04 bits per heavy atom. The molecule has 1 aliphatic rings. The summed E-state index contributed by atoms with van der Waals surface area (Å²) >= 11 is 0. The molecule has 1 aromatic rings. The summed E-state index contributed by atoms with van der Waals surface area (Å²) in [5.74, 6) is 0.397. The zero-order valence-electron chi connectivity index (χ0n) is 14.5. The number of methoxy groups -OCH3 is 1. The molecule has 2 rings (SSSR count). The molecule has 148 valence electrons. The van der Waals surface area contributed by atoms with Gasteiger partial charge < -0.3 is 44.8 Å². The van der Waals surface area contributed by atoms with Crippen LogP contribution < -0.4 is 9.47 Å². The number of aryl methyl sites for hydroxylation is 1.